The molecule has 1 unspecified atom stereocenters. The van der Waals surface area contributed by atoms with E-state index < -0.39 is 9.84 Å². The van der Waals surface area contributed by atoms with Crippen LogP contribution in [-0.2, 0) is 16.3 Å². The molecule has 1 aromatic carbocycles. The van der Waals surface area contributed by atoms with Gasteiger partial charge in [-0.3, -0.25) is 4.79 Å². The van der Waals surface area contributed by atoms with Gasteiger partial charge in [0.1, 0.15) is 17.8 Å². The van der Waals surface area contributed by atoms with Crippen LogP contribution in [0.2, 0.25) is 0 Å². The molecule has 0 spiro atoms. The Hall–Kier alpha value is -2.48. The number of anilines is 1. The molecule has 0 aliphatic carbocycles. The number of sulfone groups is 1. The van der Waals surface area contributed by atoms with Crippen molar-refractivity contribution in [1.29, 1.82) is 0 Å². The highest BCUT2D eigenvalue weighted by Gasteiger charge is 2.29. The molecular formula is C17H20N4O3S. The molecule has 2 N–H and O–H groups in total. The molecule has 1 atom stereocenters. The summed E-state index contributed by atoms with van der Waals surface area (Å²) in [5, 5.41) is 5.89. The lowest BCUT2D eigenvalue weighted by molar-refractivity contribution is 0.0936. The molecular weight excluding hydrogens is 340 g/mol. The van der Waals surface area contributed by atoms with Crippen LogP contribution in [-0.4, -0.2) is 48.4 Å². The predicted molar refractivity (Wildman–Crippen MR) is 95.2 cm³/mol. The number of nitrogens with zero attached hydrogens (tertiary/aromatic N) is 2. The van der Waals surface area contributed by atoms with E-state index in [1.807, 2.05) is 18.2 Å². The lowest BCUT2D eigenvalue weighted by atomic mass is 10.1. The molecule has 0 saturated carbocycles. The zero-order valence-electron chi connectivity index (χ0n) is 13.7. The van der Waals surface area contributed by atoms with E-state index in [2.05, 4.69) is 32.7 Å². The largest absolute Gasteiger partial charge is 0.370 e. The fourth-order valence-electron chi connectivity index (χ4n) is 2.73. The van der Waals surface area contributed by atoms with Crippen LogP contribution in [0.5, 0.6) is 0 Å². The Labute approximate surface area is 146 Å². The second-order valence-electron chi connectivity index (χ2n) is 6.02. The lowest BCUT2D eigenvalue weighted by Gasteiger charge is -2.11. The van der Waals surface area contributed by atoms with Crippen molar-refractivity contribution in [2.24, 2.45) is 0 Å². The smallest absolute Gasteiger partial charge is 0.270 e. The van der Waals surface area contributed by atoms with E-state index in [0.717, 1.165) is 6.42 Å². The third kappa shape index (κ3) is 4.99. The minimum atomic E-state index is -3.03. The zero-order chi connectivity index (χ0) is 17.7. The number of carbonyl (C=O) groups is 1. The van der Waals surface area contributed by atoms with Gasteiger partial charge in [0.05, 0.1) is 11.5 Å². The third-order valence-corrected chi connectivity index (χ3v) is 5.80. The first-order chi connectivity index (χ1) is 12.0. The summed E-state index contributed by atoms with van der Waals surface area (Å²) in [5.41, 5.74) is 1.44. The van der Waals surface area contributed by atoms with Crippen LogP contribution in [0.15, 0.2) is 42.7 Å². The number of amides is 1. The molecule has 8 heteroatoms. The minimum Gasteiger partial charge on any atom is -0.370 e. The molecule has 132 valence electrons. The molecule has 1 saturated heterocycles. The molecule has 7 nitrogen and oxygen atoms in total. The fraction of sp³-hybridized carbons (Fsp3) is 0.353. The number of rotatable bonds is 6. The Morgan fingerprint density at radius 3 is 2.72 bits per heavy atom. The molecule has 2 aromatic rings. The zero-order valence-corrected chi connectivity index (χ0v) is 14.5. The van der Waals surface area contributed by atoms with Gasteiger partial charge in [-0.2, -0.15) is 0 Å². The van der Waals surface area contributed by atoms with Crippen LogP contribution >= 0.6 is 0 Å². The van der Waals surface area contributed by atoms with E-state index in [9.17, 15) is 13.2 Å². The summed E-state index contributed by atoms with van der Waals surface area (Å²) in [5.74, 6) is 0.297. The van der Waals surface area contributed by atoms with E-state index in [1.54, 1.807) is 6.07 Å². The number of hydrogen-bond donors (Lipinski definition) is 2. The highest BCUT2D eigenvalue weighted by Crippen LogP contribution is 2.12. The molecule has 25 heavy (non-hydrogen) atoms. The maximum atomic E-state index is 12.2. The van der Waals surface area contributed by atoms with Crippen molar-refractivity contribution < 1.29 is 13.2 Å². The second kappa shape index (κ2) is 7.60. The van der Waals surface area contributed by atoms with Crippen molar-refractivity contribution >= 4 is 21.6 Å². The highest BCUT2D eigenvalue weighted by atomic mass is 32.2. The topological polar surface area (TPSA) is 101 Å². The second-order valence-corrected chi connectivity index (χ2v) is 8.25. The molecule has 1 aromatic heterocycles. The van der Waals surface area contributed by atoms with Crippen LogP contribution < -0.4 is 10.6 Å². The van der Waals surface area contributed by atoms with Gasteiger partial charge in [0.15, 0.2) is 9.84 Å². The maximum absolute atomic E-state index is 12.2. The van der Waals surface area contributed by atoms with Gasteiger partial charge in [-0.15, -0.1) is 0 Å². The summed E-state index contributed by atoms with van der Waals surface area (Å²) in [4.78, 5) is 20.3. The van der Waals surface area contributed by atoms with E-state index in [1.165, 1.54) is 11.9 Å². The number of aromatic nitrogens is 2. The Balaban J connectivity index is 1.54. The van der Waals surface area contributed by atoms with Gasteiger partial charge in [0, 0.05) is 18.7 Å². The average molecular weight is 360 g/mol. The summed E-state index contributed by atoms with van der Waals surface area (Å²) in [6.07, 6.45) is 2.61. The molecule has 0 bridgehead atoms. The maximum Gasteiger partial charge on any atom is 0.270 e. The Bertz CT molecular complexity index is 840. The van der Waals surface area contributed by atoms with Crippen molar-refractivity contribution in [3.8, 4) is 0 Å². The SMILES string of the molecule is O=C(NC1CCS(=O)(=O)C1)c1cc(NCCc2ccccc2)ncn1. The third-order valence-electron chi connectivity index (χ3n) is 4.03. The van der Waals surface area contributed by atoms with Crippen molar-refractivity contribution in [2.45, 2.75) is 18.9 Å². The normalized spacial score (nSPS) is 18.6. The number of nitrogens with one attached hydrogen (secondary N) is 2. The summed E-state index contributed by atoms with van der Waals surface area (Å²) >= 11 is 0. The predicted octanol–water partition coefficient (Wildman–Crippen LogP) is 1.05. The molecule has 2 heterocycles. The Morgan fingerprint density at radius 1 is 1.20 bits per heavy atom. The summed E-state index contributed by atoms with van der Waals surface area (Å²) < 4.78 is 22.9. The number of hydrogen-bond acceptors (Lipinski definition) is 6. The number of benzene rings is 1. The van der Waals surface area contributed by atoms with Gasteiger partial charge in [-0.1, -0.05) is 30.3 Å². The van der Waals surface area contributed by atoms with Crippen molar-refractivity contribution in [3.63, 3.8) is 0 Å². The molecule has 1 aliphatic heterocycles. The lowest BCUT2D eigenvalue weighted by Crippen LogP contribution is -2.36. The highest BCUT2D eigenvalue weighted by molar-refractivity contribution is 7.91. The van der Waals surface area contributed by atoms with Gasteiger partial charge in [-0.05, 0) is 18.4 Å². The molecule has 3 rings (SSSR count). The van der Waals surface area contributed by atoms with E-state index >= 15 is 0 Å². The van der Waals surface area contributed by atoms with Crippen molar-refractivity contribution in [2.75, 3.05) is 23.4 Å². The van der Waals surface area contributed by atoms with Crippen LogP contribution in [0.4, 0.5) is 5.82 Å². The molecule has 1 aliphatic rings. The first kappa shape index (κ1) is 17.3. The monoisotopic (exact) mass is 360 g/mol. The van der Waals surface area contributed by atoms with Crippen molar-refractivity contribution in [1.82, 2.24) is 15.3 Å². The van der Waals surface area contributed by atoms with Crippen LogP contribution in [0.3, 0.4) is 0 Å². The number of carbonyl (C=O) groups excluding carboxylic acids is 1. The van der Waals surface area contributed by atoms with Crippen LogP contribution in [0.25, 0.3) is 0 Å². The Morgan fingerprint density at radius 2 is 2.00 bits per heavy atom. The summed E-state index contributed by atoms with van der Waals surface area (Å²) in [7, 11) is -3.03. The first-order valence-electron chi connectivity index (χ1n) is 8.13. The van der Waals surface area contributed by atoms with Gasteiger partial charge in [0.25, 0.3) is 5.91 Å². The molecule has 1 fully saturated rings. The minimum absolute atomic E-state index is 0.00793. The molecule has 1 amide bonds. The first-order valence-corrected chi connectivity index (χ1v) is 9.95. The van der Waals surface area contributed by atoms with Gasteiger partial charge >= 0.3 is 0 Å². The van der Waals surface area contributed by atoms with E-state index in [4.69, 9.17) is 0 Å². The van der Waals surface area contributed by atoms with Gasteiger partial charge in [0.2, 0.25) is 0 Å². The summed E-state index contributed by atoms with van der Waals surface area (Å²) in [6.45, 7) is 0.683. The van der Waals surface area contributed by atoms with Gasteiger partial charge in [-0.25, -0.2) is 18.4 Å². The van der Waals surface area contributed by atoms with Crippen LogP contribution in [0.1, 0.15) is 22.5 Å². The Kier molecular flexibility index (Phi) is 5.28. The fourth-order valence-corrected chi connectivity index (χ4v) is 4.40. The molecule has 0 radical (unpaired) electrons. The van der Waals surface area contributed by atoms with Gasteiger partial charge < -0.3 is 10.6 Å². The quantitative estimate of drug-likeness (QED) is 0.798. The van der Waals surface area contributed by atoms with E-state index in [0.29, 0.717) is 18.8 Å². The van der Waals surface area contributed by atoms with Crippen molar-refractivity contribution in [3.05, 3.63) is 54.0 Å². The average Bonchev–Trinajstić information content (AvgIpc) is 2.94. The standard InChI is InChI=1S/C17H20N4O3S/c22-17(21-14-7-9-25(23,24)11-14)15-10-16(20-12-19-15)18-8-6-13-4-2-1-3-5-13/h1-5,10,12,14H,6-9,11H2,(H,21,22)(H,18,19,20). The van der Waals surface area contributed by atoms with Crippen LogP contribution in [0, 0.1) is 0 Å². The summed E-state index contributed by atoms with van der Waals surface area (Å²) in [6, 6.07) is 11.3. The van der Waals surface area contributed by atoms with E-state index in [-0.39, 0.29) is 29.1 Å².